The van der Waals surface area contributed by atoms with E-state index in [1.54, 1.807) is 0 Å². The van der Waals surface area contributed by atoms with Crippen molar-refractivity contribution in [2.24, 2.45) is 11.5 Å². The van der Waals surface area contributed by atoms with E-state index in [4.69, 9.17) is 11.5 Å². The van der Waals surface area contributed by atoms with Gasteiger partial charge in [-0.05, 0) is 12.8 Å². The number of carbonyl (C=O) groups excluding carboxylic acids is 2. The van der Waals surface area contributed by atoms with Gasteiger partial charge in [0.05, 0.1) is 12.6 Å². The number of nitrogens with two attached hydrogens (primary N) is 2. The third kappa shape index (κ3) is 4.26. The SMILES string of the molecule is NC(=O)CCC[C@H](N)C(=O)N1CCC(F)(F)C1. The molecule has 0 spiro atoms. The first kappa shape index (κ1) is 13.8. The summed E-state index contributed by atoms with van der Waals surface area (Å²) >= 11 is 0. The van der Waals surface area contributed by atoms with Crippen molar-refractivity contribution in [3.05, 3.63) is 0 Å². The van der Waals surface area contributed by atoms with Crippen LogP contribution >= 0.6 is 0 Å². The van der Waals surface area contributed by atoms with Gasteiger partial charge in [-0.2, -0.15) is 0 Å². The molecular weight excluding hydrogens is 232 g/mol. The maximum Gasteiger partial charge on any atom is 0.267 e. The molecule has 1 rings (SSSR count). The molecule has 17 heavy (non-hydrogen) atoms. The Hall–Kier alpha value is -1.24. The third-order valence-corrected chi connectivity index (χ3v) is 2.74. The highest BCUT2D eigenvalue weighted by atomic mass is 19.3. The minimum Gasteiger partial charge on any atom is -0.370 e. The lowest BCUT2D eigenvalue weighted by Crippen LogP contribution is -2.43. The van der Waals surface area contributed by atoms with Crippen LogP contribution < -0.4 is 11.5 Å². The maximum atomic E-state index is 12.9. The summed E-state index contributed by atoms with van der Waals surface area (Å²) in [5.74, 6) is -3.74. The molecule has 2 amide bonds. The highest BCUT2D eigenvalue weighted by Crippen LogP contribution is 2.27. The molecule has 1 heterocycles. The van der Waals surface area contributed by atoms with Gasteiger partial charge < -0.3 is 16.4 Å². The van der Waals surface area contributed by atoms with Crippen LogP contribution in [0.5, 0.6) is 0 Å². The Balaban J connectivity index is 2.34. The monoisotopic (exact) mass is 249 g/mol. The largest absolute Gasteiger partial charge is 0.370 e. The number of rotatable bonds is 5. The van der Waals surface area contributed by atoms with Crippen molar-refractivity contribution in [2.45, 2.75) is 37.6 Å². The second-order valence-corrected chi connectivity index (χ2v) is 4.33. The minimum atomic E-state index is -2.80. The zero-order valence-electron chi connectivity index (χ0n) is 9.49. The average molecular weight is 249 g/mol. The van der Waals surface area contributed by atoms with Crippen LogP contribution in [0, 0.1) is 0 Å². The minimum absolute atomic E-state index is 0.0371. The van der Waals surface area contributed by atoms with Crippen LogP contribution in [0.1, 0.15) is 25.7 Å². The molecule has 0 radical (unpaired) electrons. The lowest BCUT2D eigenvalue weighted by Gasteiger charge is -2.20. The summed E-state index contributed by atoms with van der Waals surface area (Å²) in [5, 5.41) is 0. The normalized spacial score (nSPS) is 20.3. The van der Waals surface area contributed by atoms with E-state index in [9.17, 15) is 18.4 Å². The summed E-state index contributed by atoms with van der Waals surface area (Å²) in [4.78, 5) is 23.2. The molecule has 0 aromatic rings. The number of amides is 2. The zero-order valence-corrected chi connectivity index (χ0v) is 9.49. The summed E-state index contributed by atoms with van der Waals surface area (Å²) in [7, 11) is 0. The standard InChI is InChI=1S/C10H17F2N3O2/c11-10(12)4-5-15(6-10)9(17)7(13)2-1-3-8(14)16/h7H,1-6,13H2,(H2,14,16)/t7-/m0/s1. The Morgan fingerprint density at radius 2 is 2.06 bits per heavy atom. The van der Waals surface area contributed by atoms with E-state index in [-0.39, 0.29) is 25.8 Å². The first-order valence-electron chi connectivity index (χ1n) is 5.52. The van der Waals surface area contributed by atoms with Crippen molar-refractivity contribution in [3.63, 3.8) is 0 Å². The average Bonchev–Trinajstić information content (AvgIpc) is 2.57. The molecule has 7 heteroatoms. The van der Waals surface area contributed by atoms with Crippen molar-refractivity contribution in [1.82, 2.24) is 4.90 Å². The highest BCUT2D eigenvalue weighted by molar-refractivity contribution is 5.82. The van der Waals surface area contributed by atoms with E-state index in [0.29, 0.717) is 6.42 Å². The fraction of sp³-hybridized carbons (Fsp3) is 0.800. The number of halogens is 2. The summed E-state index contributed by atoms with van der Waals surface area (Å²) in [6, 6.07) is -0.830. The molecule has 0 saturated carbocycles. The fourth-order valence-electron chi connectivity index (χ4n) is 1.78. The van der Waals surface area contributed by atoms with Gasteiger partial charge >= 0.3 is 0 Å². The van der Waals surface area contributed by atoms with Gasteiger partial charge in [-0.3, -0.25) is 9.59 Å². The maximum absolute atomic E-state index is 12.9. The predicted molar refractivity (Wildman–Crippen MR) is 57.2 cm³/mol. The lowest BCUT2D eigenvalue weighted by molar-refractivity contribution is -0.133. The van der Waals surface area contributed by atoms with Gasteiger partial charge in [-0.25, -0.2) is 8.78 Å². The van der Waals surface area contributed by atoms with E-state index >= 15 is 0 Å². The highest BCUT2D eigenvalue weighted by Gasteiger charge is 2.41. The van der Waals surface area contributed by atoms with Gasteiger partial charge in [0.25, 0.3) is 5.92 Å². The first-order valence-corrected chi connectivity index (χ1v) is 5.52. The Bertz CT molecular complexity index is 310. The quantitative estimate of drug-likeness (QED) is 0.709. The predicted octanol–water partition coefficient (Wildman–Crippen LogP) is -0.163. The van der Waals surface area contributed by atoms with Crippen LogP contribution in [-0.4, -0.2) is 41.8 Å². The van der Waals surface area contributed by atoms with Crippen LogP contribution in [0.3, 0.4) is 0 Å². The van der Waals surface area contributed by atoms with E-state index in [2.05, 4.69) is 0 Å². The number of likely N-dealkylation sites (tertiary alicyclic amines) is 1. The van der Waals surface area contributed by atoms with Crippen molar-refractivity contribution in [1.29, 1.82) is 0 Å². The van der Waals surface area contributed by atoms with Crippen LogP contribution in [0.15, 0.2) is 0 Å². The smallest absolute Gasteiger partial charge is 0.267 e. The van der Waals surface area contributed by atoms with Crippen molar-refractivity contribution in [3.8, 4) is 0 Å². The van der Waals surface area contributed by atoms with Gasteiger partial charge in [0, 0.05) is 19.4 Å². The molecule has 98 valence electrons. The molecule has 0 unspecified atom stereocenters. The molecule has 5 nitrogen and oxygen atoms in total. The lowest BCUT2D eigenvalue weighted by atomic mass is 10.1. The number of carbonyl (C=O) groups is 2. The summed E-state index contributed by atoms with van der Waals surface area (Å²) in [6.07, 6.45) is 0.514. The molecular formula is C10H17F2N3O2. The zero-order chi connectivity index (χ0) is 13.1. The summed E-state index contributed by atoms with van der Waals surface area (Å²) in [5.41, 5.74) is 10.5. The van der Waals surface area contributed by atoms with Crippen LogP contribution in [0.2, 0.25) is 0 Å². The van der Waals surface area contributed by atoms with Crippen LogP contribution in [-0.2, 0) is 9.59 Å². The van der Waals surface area contributed by atoms with Gasteiger partial charge in [0.15, 0.2) is 0 Å². The van der Waals surface area contributed by atoms with Crippen LogP contribution in [0.4, 0.5) is 8.78 Å². The Kier molecular flexibility index (Phi) is 4.39. The van der Waals surface area contributed by atoms with Gasteiger partial charge in [0.2, 0.25) is 11.8 Å². The van der Waals surface area contributed by atoms with Crippen molar-refractivity contribution < 1.29 is 18.4 Å². The second kappa shape index (κ2) is 5.39. The van der Waals surface area contributed by atoms with Crippen LogP contribution in [0.25, 0.3) is 0 Å². The van der Waals surface area contributed by atoms with Crippen molar-refractivity contribution in [2.75, 3.05) is 13.1 Å². The van der Waals surface area contributed by atoms with E-state index in [1.807, 2.05) is 0 Å². The first-order chi connectivity index (χ1) is 7.82. The fourth-order valence-corrected chi connectivity index (χ4v) is 1.78. The Morgan fingerprint density at radius 1 is 1.41 bits per heavy atom. The van der Waals surface area contributed by atoms with Crippen molar-refractivity contribution >= 4 is 11.8 Å². The molecule has 0 aromatic carbocycles. The van der Waals surface area contributed by atoms with Gasteiger partial charge in [0.1, 0.15) is 0 Å². The number of primary amides is 1. The molecule has 1 atom stereocenters. The number of nitrogens with zero attached hydrogens (tertiary/aromatic N) is 1. The van der Waals surface area contributed by atoms with E-state index in [0.717, 1.165) is 4.90 Å². The molecule has 1 saturated heterocycles. The summed E-state index contributed by atoms with van der Waals surface area (Å²) < 4.78 is 25.8. The molecule has 1 aliphatic heterocycles. The Labute approximate surface area is 98.1 Å². The molecule has 0 aliphatic carbocycles. The van der Waals surface area contributed by atoms with Gasteiger partial charge in [-0.15, -0.1) is 0 Å². The number of hydrogen-bond acceptors (Lipinski definition) is 3. The number of hydrogen-bond donors (Lipinski definition) is 2. The Morgan fingerprint density at radius 3 is 2.53 bits per heavy atom. The number of alkyl halides is 2. The topological polar surface area (TPSA) is 89.4 Å². The summed E-state index contributed by atoms with van der Waals surface area (Å²) in [6.45, 7) is -0.523. The van der Waals surface area contributed by atoms with E-state index in [1.165, 1.54) is 0 Å². The molecule has 1 fully saturated rings. The second-order valence-electron chi connectivity index (χ2n) is 4.33. The van der Waals surface area contributed by atoms with Gasteiger partial charge in [-0.1, -0.05) is 0 Å². The molecule has 1 aliphatic rings. The molecule has 0 aromatic heterocycles. The third-order valence-electron chi connectivity index (χ3n) is 2.74. The molecule has 4 N–H and O–H groups in total. The molecule has 0 bridgehead atoms. The van der Waals surface area contributed by atoms with E-state index < -0.39 is 30.3 Å².